The van der Waals surface area contributed by atoms with Gasteiger partial charge in [-0.2, -0.15) is 0 Å². The van der Waals surface area contributed by atoms with Gasteiger partial charge in [-0.05, 0) is 6.42 Å². The lowest BCUT2D eigenvalue weighted by Crippen LogP contribution is -2.70. The number of nitrogens with zero attached hydrogens (tertiary/aromatic N) is 1. The molecule has 1 fully saturated rings. The van der Waals surface area contributed by atoms with Crippen molar-refractivity contribution >= 4 is 0 Å². The topological polar surface area (TPSA) is 128 Å². The molecule has 0 amide bonds. The molecule has 16 heavy (non-hydrogen) atoms. The lowest BCUT2D eigenvalue weighted by atomic mass is 10.0. The maximum Gasteiger partial charge on any atom is 0.276 e. The number of nitrogens with one attached hydrogen (secondary N) is 1. The van der Waals surface area contributed by atoms with Crippen molar-refractivity contribution in [3.63, 3.8) is 0 Å². The quantitative estimate of drug-likeness (QED) is 0.291. The Hall–Kier alpha value is -0.280. The van der Waals surface area contributed by atoms with Crippen molar-refractivity contribution in [3.05, 3.63) is 0 Å². The van der Waals surface area contributed by atoms with E-state index in [0.29, 0.717) is 19.5 Å². The zero-order valence-corrected chi connectivity index (χ0v) is 9.56. The molecule has 0 aliphatic carbocycles. The summed E-state index contributed by atoms with van der Waals surface area (Å²) in [5.74, 6) is -3.68. The minimum absolute atomic E-state index is 0.212. The third-order valence-electron chi connectivity index (χ3n) is 2.96. The van der Waals surface area contributed by atoms with E-state index in [2.05, 4.69) is 5.32 Å². The van der Waals surface area contributed by atoms with Crippen LogP contribution >= 0.6 is 0 Å². The summed E-state index contributed by atoms with van der Waals surface area (Å²) in [5, 5.41) is 30.1. The third kappa shape index (κ3) is 3.63. The van der Waals surface area contributed by atoms with Gasteiger partial charge in [0.25, 0.3) is 5.97 Å². The molecule has 1 aliphatic rings. The molecule has 1 aliphatic heterocycles. The maximum absolute atomic E-state index is 9.00. The summed E-state index contributed by atoms with van der Waals surface area (Å²) in [4.78, 5) is 1.79. The van der Waals surface area contributed by atoms with E-state index in [4.69, 9.17) is 26.8 Å². The van der Waals surface area contributed by atoms with Crippen LogP contribution in [0.3, 0.4) is 0 Å². The first-order valence-corrected chi connectivity index (χ1v) is 5.48. The highest BCUT2D eigenvalue weighted by atomic mass is 16.7. The van der Waals surface area contributed by atoms with Gasteiger partial charge >= 0.3 is 0 Å². The SMILES string of the molecule is CCC(N)(N)N1CCNCC1CC(O)(O)O. The molecule has 1 rings (SSSR count). The molecule has 1 atom stereocenters. The van der Waals surface area contributed by atoms with Crippen LogP contribution in [0.1, 0.15) is 19.8 Å². The number of hydrogen-bond acceptors (Lipinski definition) is 7. The fourth-order valence-electron chi connectivity index (χ4n) is 2.01. The van der Waals surface area contributed by atoms with E-state index in [9.17, 15) is 0 Å². The highest BCUT2D eigenvalue weighted by molar-refractivity contribution is 4.89. The minimum Gasteiger partial charge on any atom is -0.344 e. The molecule has 0 aromatic carbocycles. The second kappa shape index (κ2) is 4.92. The summed E-state index contributed by atoms with van der Waals surface area (Å²) in [5.41, 5.74) is 11.9. The van der Waals surface area contributed by atoms with Crippen LogP contribution in [0.25, 0.3) is 0 Å². The van der Waals surface area contributed by atoms with E-state index < -0.39 is 11.8 Å². The molecular formula is C9H22N4O3. The number of nitrogens with two attached hydrogens (primary N) is 2. The lowest BCUT2D eigenvalue weighted by molar-refractivity contribution is -0.321. The number of aliphatic hydroxyl groups is 3. The summed E-state index contributed by atoms with van der Waals surface area (Å²) < 4.78 is 0. The van der Waals surface area contributed by atoms with Crippen molar-refractivity contribution in [2.24, 2.45) is 11.5 Å². The number of rotatable bonds is 4. The van der Waals surface area contributed by atoms with E-state index in [1.165, 1.54) is 0 Å². The average Bonchev–Trinajstić information content (AvgIpc) is 2.16. The molecule has 1 saturated heterocycles. The highest BCUT2D eigenvalue weighted by Gasteiger charge is 2.38. The second-order valence-corrected chi connectivity index (χ2v) is 4.37. The lowest BCUT2D eigenvalue weighted by Gasteiger charge is -2.46. The molecule has 1 heterocycles. The van der Waals surface area contributed by atoms with Gasteiger partial charge in [-0.3, -0.25) is 4.90 Å². The van der Waals surface area contributed by atoms with Crippen LogP contribution in [0.15, 0.2) is 0 Å². The maximum atomic E-state index is 9.00. The molecular weight excluding hydrogens is 212 g/mol. The summed E-state index contributed by atoms with van der Waals surface area (Å²) in [7, 11) is 0. The van der Waals surface area contributed by atoms with Crippen molar-refractivity contribution < 1.29 is 15.3 Å². The molecule has 1 unspecified atom stereocenters. The monoisotopic (exact) mass is 234 g/mol. The smallest absolute Gasteiger partial charge is 0.276 e. The van der Waals surface area contributed by atoms with Gasteiger partial charge in [-0.1, -0.05) is 6.92 Å². The first-order chi connectivity index (χ1) is 7.26. The molecule has 0 aromatic rings. The fourth-order valence-corrected chi connectivity index (χ4v) is 2.01. The summed E-state index contributed by atoms with van der Waals surface area (Å²) in [6.07, 6.45) is 0.328. The molecule has 7 nitrogen and oxygen atoms in total. The van der Waals surface area contributed by atoms with Crippen LogP contribution in [0.4, 0.5) is 0 Å². The van der Waals surface area contributed by atoms with Gasteiger partial charge in [0.1, 0.15) is 5.79 Å². The van der Waals surface area contributed by atoms with E-state index in [1.54, 1.807) is 4.90 Å². The Balaban J connectivity index is 2.71. The largest absolute Gasteiger partial charge is 0.344 e. The molecule has 8 N–H and O–H groups in total. The Morgan fingerprint density at radius 3 is 2.50 bits per heavy atom. The Morgan fingerprint density at radius 1 is 1.38 bits per heavy atom. The molecule has 0 bridgehead atoms. The van der Waals surface area contributed by atoms with E-state index in [-0.39, 0.29) is 12.5 Å². The van der Waals surface area contributed by atoms with Crippen LogP contribution in [0.5, 0.6) is 0 Å². The summed E-state index contributed by atoms with van der Waals surface area (Å²) in [6.45, 7) is 3.73. The Morgan fingerprint density at radius 2 is 2.00 bits per heavy atom. The van der Waals surface area contributed by atoms with Crippen molar-refractivity contribution in [2.45, 2.75) is 37.6 Å². The normalized spacial score (nSPS) is 24.8. The van der Waals surface area contributed by atoms with Crippen molar-refractivity contribution in [1.29, 1.82) is 0 Å². The molecule has 7 heteroatoms. The molecule has 0 saturated carbocycles. The van der Waals surface area contributed by atoms with Crippen LogP contribution in [0, 0.1) is 0 Å². The Bertz CT molecular complexity index is 229. The van der Waals surface area contributed by atoms with Crippen LogP contribution in [-0.2, 0) is 0 Å². The van der Waals surface area contributed by atoms with E-state index in [0.717, 1.165) is 6.54 Å². The zero-order chi connectivity index (χ0) is 12.4. The predicted octanol–water partition coefficient (Wildman–Crippen LogP) is -2.74. The standard InChI is InChI=1S/C9H22N4O3/c1-2-8(10,11)13-4-3-12-6-7(13)5-9(14,15)16/h7,12,14-16H,2-6,10-11H2,1H3. The van der Waals surface area contributed by atoms with Gasteiger partial charge in [-0.25, -0.2) is 0 Å². The van der Waals surface area contributed by atoms with Crippen molar-refractivity contribution in [3.8, 4) is 0 Å². The number of piperazine rings is 1. The zero-order valence-electron chi connectivity index (χ0n) is 9.56. The third-order valence-corrected chi connectivity index (χ3v) is 2.96. The highest BCUT2D eigenvalue weighted by Crippen LogP contribution is 2.19. The van der Waals surface area contributed by atoms with Gasteiger partial charge in [0.2, 0.25) is 0 Å². The Kier molecular flexibility index (Phi) is 4.24. The first kappa shape index (κ1) is 13.8. The van der Waals surface area contributed by atoms with Gasteiger partial charge in [-0.15, -0.1) is 0 Å². The van der Waals surface area contributed by atoms with Crippen molar-refractivity contribution in [2.75, 3.05) is 19.6 Å². The predicted molar refractivity (Wildman–Crippen MR) is 58.8 cm³/mol. The average molecular weight is 234 g/mol. The van der Waals surface area contributed by atoms with Crippen LogP contribution < -0.4 is 16.8 Å². The second-order valence-electron chi connectivity index (χ2n) is 4.37. The fraction of sp³-hybridized carbons (Fsp3) is 1.00. The minimum atomic E-state index is -2.69. The van der Waals surface area contributed by atoms with Crippen molar-refractivity contribution in [1.82, 2.24) is 10.2 Å². The van der Waals surface area contributed by atoms with Crippen LogP contribution in [-0.4, -0.2) is 57.7 Å². The first-order valence-electron chi connectivity index (χ1n) is 5.48. The van der Waals surface area contributed by atoms with Gasteiger partial charge in [0.15, 0.2) is 0 Å². The molecule has 0 aromatic heterocycles. The van der Waals surface area contributed by atoms with E-state index >= 15 is 0 Å². The van der Waals surface area contributed by atoms with Crippen LogP contribution in [0.2, 0.25) is 0 Å². The van der Waals surface area contributed by atoms with Gasteiger partial charge < -0.3 is 32.1 Å². The molecule has 0 spiro atoms. The Labute approximate surface area is 95.0 Å². The van der Waals surface area contributed by atoms with Gasteiger partial charge in [0.05, 0.1) is 0 Å². The number of hydrogen-bond donors (Lipinski definition) is 6. The molecule has 96 valence electrons. The summed E-state index contributed by atoms with van der Waals surface area (Å²) >= 11 is 0. The summed E-state index contributed by atoms with van der Waals surface area (Å²) in [6, 6.07) is -0.302. The molecule has 0 radical (unpaired) electrons. The van der Waals surface area contributed by atoms with Gasteiger partial charge in [0, 0.05) is 32.1 Å². The van der Waals surface area contributed by atoms with E-state index in [1.807, 2.05) is 6.92 Å².